The van der Waals surface area contributed by atoms with Gasteiger partial charge in [-0.05, 0) is 59.3 Å². The van der Waals surface area contributed by atoms with Crippen LogP contribution >= 0.6 is 46.4 Å². The number of halogens is 4. The Morgan fingerprint density at radius 3 is 2.15 bits per heavy atom. The second-order valence-corrected chi connectivity index (χ2v) is 10.0. The smallest absolute Gasteiger partial charge is 0.223 e. The molecular weight excluding hydrogens is 498 g/mol. The molecule has 4 nitrogen and oxygen atoms in total. The van der Waals surface area contributed by atoms with E-state index in [1.807, 2.05) is 6.07 Å². The van der Waals surface area contributed by atoms with E-state index in [0.717, 1.165) is 24.2 Å². The van der Waals surface area contributed by atoms with Gasteiger partial charge in [0.25, 0.3) is 0 Å². The minimum atomic E-state index is -0.495. The van der Waals surface area contributed by atoms with Crippen molar-refractivity contribution in [3.05, 3.63) is 104 Å². The van der Waals surface area contributed by atoms with Crippen molar-refractivity contribution in [1.82, 2.24) is 19.9 Å². The molecule has 0 bridgehead atoms. The Bertz CT molecular complexity index is 1220. The van der Waals surface area contributed by atoms with Crippen LogP contribution in [0.5, 0.6) is 0 Å². The summed E-state index contributed by atoms with van der Waals surface area (Å²) in [6, 6.07) is 14.0. The molecule has 1 aromatic carbocycles. The van der Waals surface area contributed by atoms with Gasteiger partial charge in [-0.25, -0.2) is 19.9 Å². The summed E-state index contributed by atoms with van der Waals surface area (Å²) in [5, 5.41) is 0.842. The Morgan fingerprint density at radius 2 is 1.52 bits per heavy atom. The van der Waals surface area contributed by atoms with Crippen LogP contribution in [0.25, 0.3) is 0 Å². The molecule has 4 unspecified atom stereocenters. The van der Waals surface area contributed by atoms with E-state index in [9.17, 15) is 0 Å². The minimum Gasteiger partial charge on any atom is -0.223 e. The van der Waals surface area contributed by atoms with E-state index in [1.54, 1.807) is 12.1 Å². The van der Waals surface area contributed by atoms with Crippen LogP contribution in [0.2, 0.25) is 20.9 Å². The third kappa shape index (κ3) is 4.08. The highest BCUT2D eigenvalue weighted by Gasteiger charge is 2.63. The lowest BCUT2D eigenvalue weighted by Crippen LogP contribution is -2.56. The fraction of sp³-hybridized carbons (Fsp3) is 0.280. The van der Waals surface area contributed by atoms with Crippen LogP contribution in [0.4, 0.5) is 0 Å². The van der Waals surface area contributed by atoms with Crippen LogP contribution in [0.1, 0.15) is 48.6 Å². The van der Waals surface area contributed by atoms with Gasteiger partial charge in [0.1, 0.15) is 10.3 Å². The van der Waals surface area contributed by atoms with E-state index in [1.165, 1.54) is 11.1 Å². The van der Waals surface area contributed by atoms with Crippen molar-refractivity contribution in [2.24, 2.45) is 5.92 Å². The first-order chi connectivity index (χ1) is 15.9. The second-order valence-electron chi connectivity index (χ2n) is 8.59. The monoisotopic (exact) mass is 516 g/mol. The first-order valence-corrected chi connectivity index (χ1v) is 12.2. The number of hydrogen-bond donors (Lipinski definition) is 0. The maximum atomic E-state index is 6.34. The molecule has 2 aliphatic rings. The molecule has 0 N–H and O–H groups in total. The lowest BCUT2D eigenvalue weighted by atomic mass is 9.42. The van der Waals surface area contributed by atoms with E-state index < -0.39 is 5.41 Å². The van der Waals surface area contributed by atoms with Crippen molar-refractivity contribution in [2.75, 3.05) is 0 Å². The van der Waals surface area contributed by atoms with Gasteiger partial charge in [0.15, 0.2) is 0 Å². The summed E-state index contributed by atoms with van der Waals surface area (Å²) in [6.45, 7) is 2.18. The van der Waals surface area contributed by atoms with Gasteiger partial charge in [0.05, 0.1) is 11.4 Å². The molecule has 0 radical (unpaired) electrons. The molecule has 5 rings (SSSR count). The van der Waals surface area contributed by atoms with Crippen LogP contribution in [-0.2, 0) is 5.41 Å². The minimum absolute atomic E-state index is 0.0961. The molecule has 0 amide bonds. The zero-order chi connectivity index (χ0) is 23.2. The first kappa shape index (κ1) is 22.8. The lowest BCUT2D eigenvalue weighted by Gasteiger charge is -2.60. The lowest BCUT2D eigenvalue weighted by molar-refractivity contribution is 0.0830. The highest BCUT2D eigenvalue weighted by molar-refractivity contribution is 6.32. The molecule has 2 heterocycles. The van der Waals surface area contributed by atoms with Crippen LogP contribution in [0.15, 0.2) is 66.3 Å². The molecule has 0 saturated heterocycles. The van der Waals surface area contributed by atoms with Gasteiger partial charge in [-0.2, -0.15) is 0 Å². The Morgan fingerprint density at radius 1 is 0.818 bits per heavy atom. The average molecular weight is 518 g/mol. The van der Waals surface area contributed by atoms with Gasteiger partial charge in [-0.3, -0.25) is 0 Å². The third-order valence-electron chi connectivity index (χ3n) is 6.80. The number of nitrogens with zero attached hydrogens (tertiary/aromatic N) is 4. The topological polar surface area (TPSA) is 51.6 Å². The SMILES string of the molecule is CC1(c2cc(Cl)nc(Cl)n2)C(C2=CCCC=C2)C(c2ccccc2)C1c1cc(Cl)nc(Cl)n1. The van der Waals surface area contributed by atoms with Crippen LogP contribution < -0.4 is 0 Å². The standard InChI is InChI=1S/C25H20Cl4N4/c1-25(17-13-19(27)33-24(29)31-17)21(15-10-6-3-7-11-15)20(14-8-4-2-5-9-14)22(25)16-12-18(26)32-23(28)30-16/h2,4-6,8-13,20-22H,3,7H2,1H3. The molecule has 4 atom stereocenters. The Kier molecular flexibility index (Phi) is 6.21. The van der Waals surface area contributed by atoms with E-state index >= 15 is 0 Å². The van der Waals surface area contributed by atoms with Crippen LogP contribution in [0.3, 0.4) is 0 Å². The molecule has 33 heavy (non-hydrogen) atoms. The highest BCUT2D eigenvalue weighted by Crippen LogP contribution is 2.68. The molecular formula is C25H20Cl4N4. The van der Waals surface area contributed by atoms with Gasteiger partial charge in [-0.15, -0.1) is 0 Å². The van der Waals surface area contributed by atoms with Crippen molar-refractivity contribution >= 4 is 46.4 Å². The summed E-state index contributed by atoms with van der Waals surface area (Å²) in [6.07, 6.45) is 8.81. The number of benzene rings is 1. The maximum absolute atomic E-state index is 6.34. The largest absolute Gasteiger partial charge is 0.224 e. The number of rotatable bonds is 4. The van der Waals surface area contributed by atoms with E-state index in [0.29, 0.717) is 10.3 Å². The molecule has 2 aliphatic carbocycles. The van der Waals surface area contributed by atoms with Gasteiger partial charge < -0.3 is 0 Å². The van der Waals surface area contributed by atoms with E-state index in [4.69, 9.17) is 46.4 Å². The summed E-state index contributed by atoms with van der Waals surface area (Å²) in [7, 11) is 0. The predicted octanol–water partition coefficient (Wildman–Crippen LogP) is 7.61. The number of aromatic nitrogens is 4. The zero-order valence-corrected chi connectivity index (χ0v) is 20.7. The molecule has 0 spiro atoms. The summed E-state index contributed by atoms with van der Waals surface area (Å²) < 4.78 is 0. The normalized spacial score (nSPS) is 26.6. The molecule has 8 heteroatoms. The quantitative estimate of drug-likeness (QED) is 0.264. The summed E-state index contributed by atoms with van der Waals surface area (Å²) in [5.74, 6) is 0.122. The van der Waals surface area contributed by atoms with Crippen LogP contribution in [-0.4, -0.2) is 19.9 Å². The second kappa shape index (κ2) is 8.99. The van der Waals surface area contributed by atoms with Gasteiger partial charge in [-0.1, -0.05) is 78.7 Å². The van der Waals surface area contributed by atoms with Gasteiger partial charge in [0.2, 0.25) is 10.6 Å². The number of allylic oxidation sites excluding steroid dienone is 4. The summed E-state index contributed by atoms with van der Waals surface area (Å²) in [4.78, 5) is 17.4. The summed E-state index contributed by atoms with van der Waals surface area (Å²) in [5.41, 5.74) is 3.51. The van der Waals surface area contributed by atoms with Crippen molar-refractivity contribution in [3.8, 4) is 0 Å². The maximum Gasteiger partial charge on any atom is 0.224 e. The average Bonchev–Trinajstić information content (AvgIpc) is 2.77. The number of hydrogen-bond acceptors (Lipinski definition) is 4. The Balaban J connectivity index is 1.76. The van der Waals surface area contributed by atoms with E-state index in [2.05, 4.69) is 69.4 Å². The van der Waals surface area contributed by atoms with Gasteiger partial charge in [0, 0.05) is 23.2 Å². The zero-order valence-electron chi connectivity index (χ0n) is 17.7. The van der Waals surface area contributed by atoms with Crippen molar-refractivity contribution < 1.29 is 0 Å². The van der Waals surface area contributed by atoms with Crippen molar-refractivity contribution in [2.45, 2.75) is 37.0 Å². The molecule has 0 aliphatic heterocycles. The Labute approximate surface area is 212 Å². The fourth-order valence-electron chi connectivity index (χ4n) is 5.53. The van der Waals surface area contributed by atoms with Crippen molar-refractivity contribution in [1.29, 1.82) is 0 Å². The predicted molar refractivity (Wildman–Crippen MR) is 133 cm³/mol. The fourth-order valence-corrected chi connectivity index (χ4v) is 6.37. The van der Waals surface area contributed by atoms with E-state index in [-0.39, 0.29) is 28.3 Å². The Hall–Kier alpha value is -1.98. The van der Waals surface area contributed by atoms with Crippen LogP contribution in [0, 0.1) is 5.92 Å². The molecule has 3 aromatic rings. The first-order valence-electron chi connectivity index (χ1n) is 10.7. The highest BCUT2D eigenvalue weighted by atomic mass is 35.5. The summed E-state index contributed by atoms with van der Waals surface area (Å²) >= 11 is 25.2. The third-order valence-corrected chi connectivity index (χ3v) is 7.53. The molecule has 168 valence electrons. The van der Waals surface area contributed by atoms with Crippen molar-refractivity contribution in [3.63, 3.8) is 0 Å². The van der Waals surface area contributed by atoms with Gasteiger partial charge >= 0.3 is 0 Å². The molecule has 1 saturated carbocycles. The molecule has 2 aromatic heterocycles. The molecule has 1 fully saturated rings.